The Morgan fingerprint density at radius 1 is 1.25 bits per heavy atom. The van der Waals surface area contributed by atoms with E-state index in [0.717, 1.165) is 13.0 Å². The van der Waals surface area contributed by atoms with Crippen LogP contribution in [0.15, 0.2) is 0 Å². The molecule has 3 atom stereocenters. The molecule has 0 bridgehead atoms. The summed E-state index contributed by atoms with van der Waals surface area (Å²) in [7, 11) is 0. The Balaban J connectivity index is 1.87. The van der Waals surface area contributed by atoms with Crippen molar-refractivity contribution in [2.45, 2.75) is 44.3 Å². The van der Waals surface area contributed by atoms with Crippen molar-refractivity contribution in [3.8, 4) is 0 Å². The Bertz CT molecular complexity index is 196. The van der Waals surface area contributed by atoms with Gasteiger partial charge in [0.1, 0.15) is 0 Å². The summed E-state index contributed by atoms with van der Waals surface area (Å²) in [5.74, 6) is 0.489. The van der Waals surface area contributed by atoms with E-state index in [2.05, 4.69) is 0 Å². The molecule has 0 aromatic heterocycles. The lowest BCUT2D eigenvalue weighted by Crippen LogP contribution is -2.61. The van der Waals surface area contributed by atoms with Crippen molar-refractivity contribution >= 4 is 0 Å². The molecule has 0 amide bonds. The number of hydrogen-bond donors (Lipinski definition) is 1. The number of aliphatic hydroxyl groups excluding tert-OH is 1. The maximum atomic E-state index is 9.99. The zero-order chi connectivity index (χ0) is 8.18. The average molecular weight is 168 g/mol. The van der Waals surface area contributed by atoms with E-state index in [1.54, 1.807) is 0 Å². The van der Waals surface area contributed by atoms with Gasteiger partial charge in [0.2, 0.25) is 0 Å². The third-order valence-corrected chi connectivity index (χ3v) is 4.23. The van der Waals surface area contributed by atoms with Crippen LogP contribution in [0.3, 0.4) is 0 Å². The van der Waals surface area contributed by atoms with Crippen molar-refractivity contribution in [1.29, 1.82) is 0 Å². The largest absolute Gasteiger partial charge is 0.392 e. The summed E-state index contributed by atoms with van der Waals surface area (Å²) in [5.41, 5.74) is 0.209. The smallest absolute Gasteiger partial charge is 0.0709 e. The molecule has 2 saturated carbocycles. The van der Waals surface area contributed by atoms with Crippen molar-refractivity contribution < 1.29 is 9.84 Å². The van der Waals surface area contributed by atoms with Gasteiger partial charge in [-0.1, -0.05) is 12.8 Å². The molecule has 2 aliphatic carbocycles. The summed E-state index contributed by atoms with van der Waals surface area (Å²) in [4.78, 5) is 0. The molecular weight excluding hydrogens is 152 g/mol. The molecule has 1 heterocycles. The zero-order valence-electron chi connectivity index (χ0n) is 7.33. The highest BCUT2D eigenvalue weighted by Crippen LogP contribution is 2.60. The SMILES string of the molecule is O[C@@H]1[C@H]2CCO[C@H]2C12CCCC2. The summed E-state index contributed by atoms with van der Waals surface area (Å²) in [6.07, 6.45) is 6.48. The first-order chi connectivity index (χ1) is 5.84. The van der Waals surface area contributed by atoms with Crippen molar-refractivity contribution in [2.24, 2.45) is 11.3 Å². The predicted molar refractivity (Wildman–Crippen MR) is 44.8 cm³/mol. The lowest BCUT2D eigenvalue weighted by molar-refractivity contribution is -0.196. The molecule has 0 radical (unpaired) electrons. The fraction of sp³-hybridized carbons (Fsp3) is 1.00. The van der Waals surface area contributed by atoms with E-state index >= 15 is 0 Å². The molecule has 1 spiro atoms. The average Bonchev–Trinajstić information content (AvgIpc) is 2.72. The van der Waals surface area contributed by atoms with Crippen LogP contribution in [0.25, 0.3) is 0 Å². The molecule has 3 aliphatic rings. The molecule has 0 unspecified atom stereocenters. The van der Waals surface area contributed by atoms with E-state index in [1.165, 1.54) is 25.7 Å². The van der Waals surface area contributed by atoms with Crippen LogP contribution < -0.4 is 0 Å². The Hall–Kier alpha value is -0.0800. The second-order valence-corrected chi connectivity index (χ2v) is 4.63. The summed E-state index contributed by atoms with van der Waals surface area (Å²) in [5, 5.41) is 9.99. The van der Waals surface area contributed by atoms with Crippen molar-refractivity contribution in [3.05, 3.63) is 0 Å². The molecule has 0 aromatic carbocycles. The van der Waals surface area contributed by atoms with E-state index < -0.39 is 0 Å². The van der Waals surface area contributed by atoms with E-state index in [9.17, 15) is 5.11 Å². The maximum absolute atomic E-state index is 9.99. The summed E-state index contributed by atoms with van der Waals surface area (Å²) in [6, 6.07) is 0. The minimum absolute atomic E-state index is 0.0347. The van der Waals surface area contributed by atoms with Gasteiger partial charge in [0.05, 0.1) is 12.2 Å². The first kappa shape index (κ1) is 7.34. The lowest BCUT2D eigenvalue weighted by Gasteiger charge is -2.53. The van der Waals surface area contributed by atoms with Gasteiger partial charge in [-0.2, -0.15) is 0 Å². The number of hydrogen-bond acceptors (Lipinski definition) is 2. The molecule has 1 N–H and O–H groups in total. The van der Waals surface area contributed by atoms with E-state index in [1.807, 2.05) is 0 Å². The van der Waals surface area contributed by atoms with E-state index in [-0.39, 0.29) is 11.5 Å². The van der Waals surface area contributed by atoms with Crippen molar-refractivity contribution in [3.63, 3.8) is 0 Å². The van der Waals surface area contributed by atoms with Gasteiger partial charge in [-0.05, 0) is 19.3 Å². The zero-order valence-corrected chi connectivity index (χ0v) is 7.33. The number of rotatable bonds is 0. The lowest BCUT2D eigenvalue weighted by atomic mass is 9.56. The topological polar surface area (TPSA) is 29.5 Å². The molecule has 2 heteroatoms. The molecule has 0 aromatic rings. The Kier molecular flexibility index (Phi) is 1.37. The monoisotopic (exact) mass is 168 g/mol. The van der Waals surface area contributed by atoms with Crippen LogP contribution in [-0.2, 0) is 4.74 Å². The molecular formula is C10H16O2. The van der Waals surface area contributed by atoms with Crippen LogP contribution in [0.2, 0.25) is 0 Å². The summed E-state index contributed by atoms with van der Waals surface area (Å²) >= 11 is 0. The van der Waals surface area contributed by atoms with Crippen LogP contribution >= 0.6 is 0 Å². The minimum Gasteiger partial charge on any atom is -0.392 e. The van der Waals surface area contributed by atoms with Crippen LogP contribution in [0.4, 0.5) is 0 Å². The second-order valence-electron chi connectivity index (χ2n) is 4.63. The standard InChI is InChI=1S/C10H16O2/c11-8-7-3-6-12-9(7)10(8)4-1-2-5-10/h7-9,11H,1-6H2/t7-,8-,9-/m1/s1. The first-order valence-electron chi connectivity index (χ1n) is 5.14. The third-order valence-electron chi connectivity index (χ3n) is 4.23. The molecule has 68 valence electrons. The minimum atomic E-state index is -0.0347. The summed E-state index contributed by atoms with van der Waals surface area (Å²) in [6.45, 7) is 0.883. The summed E-state index contributed by atoms with van der Waals surface area (Å²) < 4.78 is 5.70. The fourth-order valence-corrected chi connectivity index (χ4v) is 3.61. The van der Waals surface area contributed by atoms with Gasteiger partial charge in [0, 0.05) is 17.9 Å². The van der Waals surface area contributed by atoms with Crippen LogP contribution in [0.5, 0.6) is 0 Å². The fourth-order valence-electron chi connectivity index (χ4n) is 3.61. The highest BCUT2D eigenvalue weighted by molar-refractivity contribution is 5.13. The number of fused-ring (bicyclic) bond motifs is 2. The van der Waals surface area contributed by atoms with Gasteiger partial charge in [-0.25, -0.2) is 0 Å². The van der Waals surface area contributed by atoms with E-state index in [4.69, 9.17) is 4.74 Å². The van der Waals surface area contributed by atoms with Gasteiger partial charge < -0.3 is 9.84 Å². The van der Waals surface area contributed by atoms with Gasteiger partial charge in [0.15, 0.2) is 0 Å². The second kappa shape index (κ2) is 2.24. The Labute approximate surface area is 72.9 Å². The van der Waals surface area contributed by atoms with Gasteiger partial charge in [0.25, 0.3) is 0 Å². The van der Waals surface area contributed by atoms with Crippen molar-refractivity contribution in [2.75, 3.05) is 6.61 Å². The van der Waals surface area contributed by atoms with Crippen LogP contribution in [0.1, 0.15) is 32.1 Å². The van der Waals surface area contributed by atoms with Crippen molar-refractivity contribution in [1.82, 2.24) is 0 Å². The normalized spacial score (nSPS) is 49.2. The molecule has 3 rings (SSSR count). The molecule has 12 heavy (non-hydrogen) atoms. The first-order valence-corrected chi connectivity index (χ1v) is 5.14. The quantitative estimate of drug-likeness (QED) is 0.591. The molecule has 1 saturated heterocycles. The third kappa shape index (κ3) is 0.647. The van der Waals surface area contributed by atoms with Gasteiger partial charge in [-0.3, -0.25) is 0 Å². The Morgan fingerprint density at radius 2 is 2.00 bits per heavy atom. The number of ether oxygens (including phenoxy) is 1. The highest BCUT2D eigenvalue weighted by atomic mass is 16.5. The molecule has 2 nitrogen and oxygen atoms in total. The maximum Gasteiger partial charge on any atom is 0.0709 e. The Morgan fingerprint density at radius 3 is 2.75 bits per heavy atom. The van der Waals surface area contributed by atoms with Crippen LogP contribution in [0, 0.1) is 11.3 Å². The van der Waals surface area contributed by atoms with Gasteiger partial charge >= 0.3 is 0 Å². The predicted octanol–water partition coefficient (Wildman–Crippen LogP) is 1.33. The van der Waals surface area contributed by atoms with Gasteiger partial charge in [-0.15, -0.1) is 0 Å². The van der Waals surface area contributed by atoms with E-state index in [0.29, 0.717) is 12.0 Å². The number of aliphatic hydroxyl groups is 1. The van der Waals surface area contributed by atoms with Crippen LogP contribution in [-0.4, -0.2) is 23.9 Å². The highest BCUT2D eigenvalue weighted by Gasteiger charge is 2.64. The molecule has 3 fully saturated rings. The molecule has 1 aliphatic heterocycles.